The molecule has 0 atom stereocenters. The molecule has 1 heterocycles. The van der Waals surface area contributed by atoms with Crippen molar-refractivity contribution in [2.24, 2.45) is 5.92 Å². The van der Waals surface area contributed by atoms with Gasteiger partial charge in [-0.25, -0.2) is 0 Å². The van der Waals surface area contributed by atoms with E-state index in [2.05, 4.69) is 4.90 Å². The van der Waals surface area contributed by atoms with E-state index in [4.69, 9.17) is 0 Å². The van der Waals surface area contributed by atoms with Crippen LogP contribution >= 0.6 is 0 Å². The molecular weight excluding hydrogens is 190 g/mol. The lowest BCUT2D eigenvalue weighted by Gasteiger charge is -2.33. The Balaban J connectivity index is 1.91. The van der Waals surface area contributed by atoms with Gasteiger partial charge in [0.25, 0.3) is 0 Å². The van der Waals surface area contributed by atoms with Crippen molar-refractivity contribution in [3.8, 4) is 0 Å². The topological polar surface area (TPSA) is 37.4 Å². The van der Waals surface area contributed by atoms with Crippen molar-refractivity contribution >= 4 is 11.6 Å². The molecule has 0 bridgehead atoms. The molecule has 1 aliphatic carbocycles. The molecule has 0 aromatic carbocycles. The van der Waals surface area contributed by atoms with Crippen LogP contribution in [0.4, 0.5) is 0 Å². The number of nitrogens with zero attached hydrogens (tertiary/aromatic N) is 1. The van der Waals surface area contributed by atoms with Crippen LogP contribution in [0.2, 0.25) is 0 Å². The highest BCUT2D eigenvalue weighted by Crippen LogP contribution is 2.25. The van der Waals surface area contributed by atoms with E-state index in [1.165, 1.54) is 5.70 Å². The second kappa shape index (κ2) is 4.17. The summed E-state index contributed by atoms with van der Waals surface area (Å²) in [5.41, 5.74) is 1.18. The molecular formula is C12H17NO2. The van der Waals surface area contributed by atoms with Gasteiger partial charge >= 0.3 is 0 Å². The van der Waals surface area contributed by atoms with Crippen LogP contribution in [0, 0.1) is 5.92 Å². The SMILES string of the molecule is CC(=O)C1CCN(C2=CC(=O)CC2)CC1. The maximum absolute atomic E-state index is 11.2. The molecule has 0 unspecified atom stereocenters. The minimum atomic E-state index is 0.249. The minimum absolute atomic E-state index is 0.249. The summed E-state index contributed by atoms with van der Waals surface area (Å²) in [6, 6.07) is 0. The number of rotatable bonds is 2. The van der Waals surface area contributed by atoms with Gasteiger partial charge in [0.15, 0.2) is 5.78 Å². The Morgan fingerprint density at radius 3 is 2.47 bits per heavy atom. The molecule has 0 aromatic rings. The normalized spacial score (nSPS) is 23.1. The molecule has 0 N–H and O–H groups in total. The fourth-order valence-electron chi connectivity index (χ4n) is 2.40. The molecule has 1 fully saturated rings. The van der Waals surface area contributed by atoms with Crippen LogP contribution in [0.3, 0.4) is 0 Å². The van der Waals surface area contributed by atoms with E-state index in [1.54, 1.807) is 13.0 Å². The van der Waals surface area contributed by atoms with Crippen molar-refractivity contribution in [2.45, 2.75) is 32.6 Å². The predicted octanol–water partition coefficient (Wildman–Crippen LogP) is 1.53. The molecule has 15 heavy (non-hydrogen) atoms. The second-order valence-corrected chi connectivity index (χ2v) is 4.47. The Hall–Kier alpha value is -1.12. The number of hydrogen-bond acceptors (Lipinski definition) is 3. The Morgan fingerprint density at radius 2 is 2.00 bits per heavy atom. The highest BCUT2D eigenvalue weighted by Gasteiger charge is 2.25. The van der Waals surface area contributed by atoms with E-state index >= 15 is 0 Å². The number of likely N-dealkylation sites (tertiary alicyclic amines) is 1. The number of ketones is 2. The molecule has 0 radical (unpaired) electrons. The lowest BCUT2D eigenvalue weighted by Crippen LogP contribution is -2.34. The largest absolute Gasteiger partial charge is 0.375 e. The van der Waals surface area contributed by atoms with Crippen molar-refractivity contribution < 1.29 is 9.59 Å². The van der Waals surface area contributed by atoms with Crippen LogP contribution in [0.1, 0.15) is 32.6 Å². The molecule has 2 aliphatic rings. The molecule has 0 spiro atoms. The first-order valence-electron chi connectivity index (χ1n) is 5.65. The third-order valence-corrected chi connectivity index (χ3v) is 3.43. The summed E-state index contributed by atoms with van der Waals surface area (Å²) in [5.74, 6) is 0.809. The summed E-state index contributed by atoms with van der Waals surface area (Å²) in [4.78, 5) is 24.6. The number of carbonyl (C=O) groups excluding carboxylic acids is 2. The monoisotopic (exact) mass is 207 g/mol. The van der Waals surface area contributed by atoms with Gasteiger partial charge in [-0.2, -0.15) is 0 Å². The smallest absolute Gasteiger partial charge is 0.157 e. The first kappa shape index (κ1) is 10.4. The van der Waals surface area contributed by atoms with E-state index in [0.29, 0.717) is 12.2 Å². The molecule has 3 nitrogen and oxygen atoms in total. The summed E-state index contributed by atoms with van der Waals surface area (Å²) < 4.78 is 0. The third kappa shape index (κ3) is 2.28. The van der Waals surface area contributed by atoms with Gasteiger partial charge in [0.2, 0.25) is 0 Å². The van der Waals surface area contributed by atoms with Gasteiger partial charge in [-0.1, -0.05) is 0 Å². The number of allylic oxidation sites excluding steroid dienone is 2. The van der Waals surface area contributed by atoms with Crippen LogP contribution in [-0.4, -0.2) is 29.6 Å². The number of carbonyl (C=O) groups is 2. The zero-order chi connectivity index (χ0) is 10.8. The van der Waals surface area contributed by atoms with E-state index in [9.17, 15) is 9.59 Å². The average Bonchev–Trinajstić information content (AvgIpc) is 2.65. The summed E-state index contributed by atoms with van der Waals surface area (Å²) in [7, 11) is 0. The quantitative estimate of drug-likeness (QED) is 0.689. The maximum atomic E-state index is 11.2. The van der Waals surface area contributed by atoms with Crippen LogP contribution in [-0.2, 0) is 9.59 Å². The fourth-order valence-corrected chi connectivity index (χ4v) is 2.40. The minimum Gasteiger partial charge on any atom is -0.375 e. The van der Waals surface area contributed by atoms with Crippen molar-refractivity contribution in [2.75, 3.05) is 13.1 Å². The van der Waals surface area contributed by atoms with Crippen LogP contribution in [0.5, 0.6) is 0 Å². The van der Waals surface area contributed by atoms with E-state index < -0.39 is 0 Å². The first-order valence-corrected chi connectivity index (χ1v) is 5.65. The summed E-state index contributed by atoms with van der Waals surface area (Å²) >= 11 is 0. The molecule has 2 rings (SSSR count). The van der Waals surface area contributed by atoms with Crippen LogP contribution < -0.4 is 0 Å². The number of Topliss-reactive ketones (excluding diaryl/α,β-unsaturated/α-hetero) is 1. The molecule has 0 amide bonds. The average molecular weight is 207 g/mol. The standard InChI is InChI=1S/C12H17NO2/c1-9(14)10-4-6-13(7-5-10)11-2-3-12(15)8-11/h8,10H,2-7H2,1H3. The fraction of sp³-hybridized carbons (Fsp3) is 0.667. The van der Waals surface area contributed by atoms with E-state index in [1.807, 2.05) is 0 Å². The van der Waals surface area contributed by atoms with Gasteiger partial charge < -0.3 is 4.90 Å². The second-order valence-electron chi connectivity index (χ2n) is 4.47. The first-order chi connectivity index (χ1) is 7.16. The van der Waals surface area contributed by atoms with Crippen LogP contribution in [0.15, 0.2) is 11.8 Å². The number of piperidine rings is 1. The molecule has 1 aliphatic heterocycles. The van der Waals surface area contributed by atoms with Crippen molar-refractivity contribution in [3.63, 3.8) is 0 Å². The van der Waals surface area contributed by atoms with Gasteiger partial charge in [-0.3, -0.25) is 9.59 Å². The zero-order valence-corrected chi connectivity index (χ0v) is 9.16. The highest BCUT2D eigenvalue weighted by molar-refractivity contribution is 5.92. The van der Waals surface area contributed by atoms with E-state index in [0.717, 1.165) is 32.4 Å². The summed E-state index contributed by atoms with van der Waals surface area (Å²) in [6.45, 7) is 3.55. The van der Waals surface area contributed by atoms with Gasteiger partial charge in [0.1, 0.15) is 5.78 Å². The maximum Gasteiger partial charge on any atom is 0.157 e. The van der Waals surface area contributed by atoms with Gasteiger partial charge in [-0.05, 0) is 26.2 Å². The molecule has 0 aromatic heterocycles. The third-order valence-electron chi connectivity index (χ3n) is 3.43. The van der Waals surface area contributed by atoms with Gasteiger partial charge in [0, 0.05) is 37.2 Å². The summed E-state index contributed by atoms with van der Waals surface area (Å²) in [5, 5.41) is 0. The van der Waals surface area contributed by atoms with Crippen molar-refractivity contribution in [1.29, 1.82) is 0 Å². The lowest BCUT2D eigenvalue weighted by molar-refractivity contribution is -0.122. The highest BCUT2D eigenvalue weighted by atomic mass is 16.1. The summed E-state index contributed by atoms with van der Waals surface area (Å²) in [6.07, 6.45) is 5.22. The van der Waals surface area contributed by atoms with Gasteiger partial charge in [0.05, 0.1) is 0 Å². The Labute approximate surface area is 90.1 Å². The number of hydrogen-bond donors (Lipinski definition) is 0. The Morgan fingerprint density at radius 1 is 1.33 bits per heavy atom. The zero-order valence-electron chi connectivity index (χ0n) is 9.16. The predicted molar refractivity (Wildman–Crippen MR) is 57.3 cm³/mol. The molecule has 3 heteroatoms. The van der Waals surface area contributed by atoms with Crippen LogP contribution in [0.25, 0.3) is 0 Å². The molecule has 1 saturated heterocycles. The lowest BCUT2D eigenvalue weighted by atomic mass is 9.93. The van der Waals surface area contributed by atoms with Crippen molar-refractivity contribution in [1.82, 2.24) is 4.90 Å². The van der Waals surface area contributed by atoms with Crippen molar-refractivity contribution in [3.05, 3.63) is 11.8 Å². The Kier molecular flexibility index (Phi) is 2.89. The molecule has 82 valence electrons. The molecule has 0 saturated carbocycles. The Bertz CT molecular complexity index is 312. The van der Waals surface area contributed by atoms with E-state index in [-0.39, 0.29) is 11.7 Å². The van der Waals surface area contributed by atoms with Gasteiger partial charge in [-0.15, -0.1) is 0 Å².